The van der Waals surface area contributed by atoms with Gasteiger partial charge in [0.15, 0.2) is 0 Å². The van der Waals surface area contributed by atoms with Gasteiger partial charge in [-0.25, -0.2) is 4.98 Å². The highest BCUT2D eigenvalue weighted by Gasteiger charge is 2.10. The summed E-state index contributed by atoms with van der Waals surface area (Å²) in [5.41, 5.74) is 2.35. The van der Waals surface area contributed by atoms with E-state index in [0.717, 1.165) is 16.4 Å². The number of hydrogen-bond acceptors (Lipinski definition) is 5. The van der Waals surface area contributed by atoms with Crippen molar-refractivity contribution in [3.05, 3.63) is 39.3 Å². The Morgan fingerprint density at radius 3 is 2.79 bits per heavy atom. The molecule has 0 atom stereocenters. The normalized spacial score (nSPS) is 10.0. The van der Waals surface area contributed by atoms with Crippen LogP contribution in [0.3, 0.4) is 0 Å². The summed E-state index contributed by atoms with van der Waals surface area (Å²) in [6.07, 6.45) is 0. The number of aromatic nitrogens is 1. The van der Waals surface area contributed by atoms with Crippen molar-refractivity contribution in [2.45, 2.75) is 20.4 Å². The molecule has 0 saturated heterocycles. The van der Waals surface area contributed by atoms with Crippen molar-refractivity contribution in [2.75, 3.05) is 12.4 Å². The molecule has 0 saturated carbocycles. The highest BCUT2D eigenvalue weighted by Crippen LogP contribution is 2.29. The number of benzene rings is 1. The predicted molar refractivity (Wildman–Crippen MR) is 76.6 cm³/mol. The molecule has 0 aliphatic rings. The average molecular weight is 273 g/mol. The summed E-state index contributed by atoms with van der Waals surface area (Å²) in [7, 11) is 1.60. The molecule has 1 heterocycles. The summed E-state index contributed by atoms with van der Waals surface area (Å²) in [6.45, 7) is 4.63. The van der Waals surface area contributed by atoms with Gasteiger partial charge in [-0.05, 0) is 26.0 Å². The molecule has 1 aromatic heterocycles. The van der Waals surface area contributed by atoms with Gasteiger partial charge in [-0.15, -0.1) is 11.3 Å². The van der Waals surface area contributed by atoms with Gasteiger partial charge in [0.05, 0.1) is 35.6 Å². The lowest BCUT2D eigenvalue weighted by Crippen LogP contribution is -2.03. The third kappa shape index (κ3) is 2.85. The molecule has 0 aliphatic carbocycles. The number of aryl methyl sites for hydroxylation is 2. The molecule has 4 nitrogen and oxygen atoms in total. The van der Waals surface area contributed by atoms with Crippen molar-refractivity contribution >= 4 is 17.0 Å². The number of rotatable bonds is 4. The van der Waals surface area contributed by atoms with Crippen molar-refractivity contribution in [3.63, 3.8) is 0 Å². The number of nitrogens with zero attached hydrogens (tertiary/aromatic N) is 2. The van der Waals surface area contributed by atoms with Crippen LogP contribution in [0.5, 0.6) is 5.75 Å². The molecule has 0 unspecified atom stereocenters. The van der Waals surface area contributed by atoms with Crippen molar-refractivity contribution in [1.29, 1.82) is 5.26 Å². The fraction of sp³-hybridized carbons (Fsp3) is 0.286. The third-order valence-corrected chi connectivity index (χ3v) is 3.86. The molecule has 98 valence electrons. The predicted octanol–water partition coefficient (Wildman–Crippen LogP) is 3.25. The molecular formula is C14H15N3OS. The smallest absolute Gasteiger partial charge is 0.143 e. The number of ether oxygens (including phenoxy) is 1. The summed E-state index contributed by atoms with van der Waals surface area (Å²) in [4.78, 5) is 5.56. The second kappa shape index (κ2) is 5.72. The van der Waals surface area contributed by atoms with Gasteiger partial charge >= 0.3 is 0 Å². The number of nitriles is 1. The van der Waals surface area contributed by atoms with E-state index in [-0.39, 0.29) is 0 Å². The van der Waals surface area contributed by atoms with Crippen LogP contribution in [-0.2, 0) is 6.54 Å². The maximum absolute atomic E-state index is 9.14. The number of hydrogen-bond donors (Lipinski definition) is 1. The van der Waals surface area contributed by atoms with Gasteiger partial charge in [0.2, 0.25) is 0 Å². The van der Waals surface area contributed by atoms with Gasteiger partial charge in [-0.3, -0.25) is 0 Å². The molecular weight excluding hydrogens is 258 g/mol. The first-order valence-corrected chi connectivity index (χ1v) is 6.71. The number of thiazole rings is 1. The molecule has 0 spiro atoms. The highest BCUT2D eigenvalue weighted by molar-refractivity contribution is 7.11. The van der Waals surface area contributed by atoms with Crippen LogP contribution in [0.2, 0.25) is 0 Å². The van der Waals surface area contributed by atoms with E-state index in [9.17, 15) is 0 Å². The summed E-state index contributed by atoms with van der Waals surface area (Å²) >= 11 is 1.66. The van der Waals surface area contributed by atoms with Crippen molar-refractivity contribution in [3.8, 4) is 11.8 Å². The Morgan fingerprint density at radius 2 is 2.21 bits per heavy atom. The fourth-order valence-corrected chi connectivity index (χ4v) is 2.76. The number of methoxy groups -OCH3 is 1. The number of nitrogens with one attached hydrogen (secondary N) is 1. The first kappa shape index (κ1) is 13.4. The molecule has 0 bridgehead atoms. The molecule has 1 aromatic carbocycles. The van der Waals surface area contributed by atoms with Gasteiger partial charge in [0, 0.05) is 4.88 Å². The van der Waals surface area contributed by atoms with E-state index in [2.05, 4.69) is 16.4 Å². The lowest BCUT2D eigenvalue weighted by atomic mass is 10.1. The zero-order valence-corrected chi connectivity index (χ0v) is 12.0. The van der Waals surface area contributed by atoms with Gasteiger partial charge in [0.25, 0.3) is 0 Å². The molecule has 0 amide bonds. The largest absolute Gasteiger partial charge is 0.495 e. The lowest BCUT2D eigenvalue weighted by molar-refractivity contribution is 0.416. The van der Waals surface area contributed by atoms with E-state index in [0.29, 0.717) is 17.9 Å². The molecule has 0 fully saturated rings. The Balaban J connectivity index is 2.24. The van der Waals surface area contributed by atoms with Crippen LogP contribution in [0, 0.1) is 25.2 Å². The molecule has 0 radical (unpaired) electrons. The van der Waals surface area contributed by atoms with Gasteiger partial charge in [-0.1, -0.05) is 6.07 Å². The van der Waals surface area contributed by atoms with Crippen LogP contribution in [0.25, 0.3) is 0 Å². The minimum atomic E-state index is 0.582. The Labute approximate surface area is 116 Å². The van der Waals surface area contributed by atoms with Crippen LogP contribution in [0.4, 0.5) is 5.69 Å². The highest BCUT2D eigenvalue weighted by atomic mass is 32.1. The molecule has 2 rings (SSSR count). The zero-order chi connectivity index (χ0) is 13.8. The lowest BCUT2D eigenvalue weighted by Gasteiger charge is -2.12. The average Bonchev–Trinajstić information content (AvgIpc) is 2.74. The molecule has 19 heavy (non-hydrogen) atoms. The quantitative estimate of drug-likeness (QED) is 0.929. The van der Waals surface area contributed by atoms with Crippen LogP contribution >= 0.6 is 11.3 Å². The Hall–Kier alpha value is -2.06. The van der Waals surface area contributed by atoms with Crippen molar-refractivity contribution < 1.29 is 4.74 Å². The standard InChI is InChI=1S/C14H15N3OS/c1-9-13(19-10(2)17-9)8-16-14-11(7-15)5-4-6-12(14)18-3/h4-6,16H,8H2,1-3H3. The SMILES string of the molecule is COc1cccc(C#N)c1NCc1sc(C)nc1C. The van der Waals surface area contributed by atoms with Crippen LogP contribution in [0.1, 0.15) is 21.1 Å². The van der Waals surface area contributed by atoms with E-state index in [1.54, 1.807) is 24.5 Å². The van der Waals surface area contributed by atoms with Gasteiger partial charge in [0.1, 0.15) is 11.8 Å². The van der Waals surface area contributed by atoms with E-state index in [1.165, 1.54) is 4.88 Å². The maximum Gasteiger partial charge on any atom is 0.143 e. The van der Waals surface area contributed by atoms with E-state index in [1.807, 2.05) is 26.0 Å². The summed E-state index contributed by atoms with van der Waals surface area (Å²) in [5, 5.41) is 13.5. The monoisotopic (exact) mass is 273 g/mol. The first-order chi connectivity index (χ1) is 9.15. The van der Waals surface area contributed by atoms with Gasteiger partial charge < -0.3 is 10.1 Å². The Morgan fingerprint density at radius 1 is 1.42 bits per heavy atom. The number of para-hydroxylation sites is 1. The Bertz CT molecular complexity index is 628. The zero-order valence-electron chi connectivity index (χ0n) is 11.2. The fourth-order valence-electron chi connectivity index (χ4n) is 1.88. The maximum atomic E-state index is 9.14. The van der Waals surface area contributed by atoms with E-state index in [4.69, 9.17) is 10.00 Å². The Kier molecular flexibility index (Phi) is 4.03. The molecule has 1 N–H and O–H groups in total. The second-order valence-corrected chi connectivity index (χ2v) is 5.38. The van der Waals surface area contributed by atoms with E-state index < -0.39 is 0 Å². The van der Waals surface area contributed by atoms with Crippen molar-refractivity contribution in [2.24, 2.45) is 0 Å². The second-order valence-electron chi connectivity index (χ2n) is 4.09. The molecule has 2 aromatic rings. The summed E-state index contributed by atoms with van der Waals surface area (Å²) in [6, 6.07) is 7.60. The topological polar surface area (TPSA) is 57.9 Å². The van der Waals surface area contributed by atoms with Crippen LogP contribution < -0.4 is 10.1 Å². The molecule has 0 aliphatic heterocycles. The van der Waals surface area contributed by atoms with Crippen LogP contribution in [0.15, 0.2) is 18.2 Å². The summed E-state index contributed by atoms with van der Waals surface area (Å²) < 4.78 is 5.29. The third-order valence-electron chi connectivity index (χ3n) is 2.79. The number of anilines is 1. The minimum Gasteiger partial charge on any atom is -0.495 e. The van der Waals surface area contributed by atoms with Crippen molar-refractivity contribution in [1.82, 2.24) is 4.98 Å². The minimum absolute atomic E-state index is 0.582. The van der Waals surface area contributed by atoms with Crippen LogP contribution in [-0.4, -0.2) is 12.1 Å². The summed E-state index contributed by atoms with van der Waals surface area (Å²) in [5.74, 6) is 0.679. The van der Waals surface area contributed by atoms with E-state index >= 15 is 0 Å². The van der Waals surface area contributed by atoms with Gasteiger partial charge in [-0.2, -0.15) is 5.26 Å². The molecule has 5 heteroatoms. The first-order valence-electron chi connectivity index (χ1n) is 5.89.